The SMILES string of the molecule is COc1ccc(Cc2cnc(NC(=O)C3(c4ccc(OC)cc4)CC3)s2)cc1. The topological polar surface area (TPSA) is 60.5 Å². The quantitative estimate of drug-likeness (QED) is 0.644. The summed E-state index contributed by atoms with van der Waals surface area (Å²) < 4.78 is 10.4. The molecule has 1 fully saturated rings. The monoisotopic (exact) mass is 394 g/mol. The van der Waals surface area contributed by atoms with Crippen LogP contribution in [0.15, 0.2) is 54.7 Å². The average molecular weight is 394 g/mol. The van der Waals surface area contributed by atoms with Crippen molar-refractivity contribution in [3.8, 4) is 11.5 Å². The molecule has 1 saturated carbocycles. The van der Waals surface area contributed by atoms with Gasteiger partial charge in [-0.05, 0) is 48.2 Å². The normalized spacial score (nSPS) is 14.4. The maximum absolute atomic E-state index is 12.9. The number of rotatable bonds is 7. The molecule has 0 unspecified atom stereocenters. The number of hydrogen-bond donors (Lipinski definition) is 1. The third-order valence-electron chi connectivity index (χ3n) is 5.14. The zero-order valence-electron chi connectivity index (χ0n) is 15.9. The highest BCUT2D eigenvalue weighted by atomic mass is 32.1. The molecule has 1 aliphatic carbocycles. The van der Waals surface area contributed by atoms with Crippen LogP contribution in [0.1, 0.15) is 28.8 Å². The number of amides is 1. The predicted molar refractivity (Wildman–Crippen MR) is 110 cm³/mol. The van der Waals surface area contributed by atoms with E-state index in [1.165, 1.54) is 16.9 Å². The van der Waals surface area contributed by atoms with E-state index in [1.54, 1.807) is 14.2 Å². The summed E-state index contributed by atoms with van der Waals surface area (Å²) in [5.41, 5.74) is 1.77. The molecule has 0 saturated heterocycles. The number of nitrogens with one attached hydrogen (secondary N) is 1. The second-order valence-corrected chi connectivity index (χ2v) is 8.04. The summed E-state index contributed by atoms with van der Waals surface area (Å²) in [6, 6.07) is 15.7. The van der Waals surface area contributed by atoms with E-state index in [2.05, 4.69) is 10.3 Å². The number of anilines is 1. The maximum atomic E-state index is 12.9. The second-order valence-electron chi connectivity index (χ2n) is 6.92. The first-order chi connectivity index (χ1) is 13.6. The molecular weight excluding hydrogens is 372 g/mol. The Kier molecular flexibility index (Phi) is 5.05. The number of ether oxygens (including phenoxy) is 2. The van der Waals surface area contributed by atoms with Crippen molar-refractivity contribution in [2.75, 3.05) is 19.5 Å². The summed E-state index contributed by atoms with van der Waals surface area (Å²) in [6.07, 6.45) is 4.32. The molecule has 1 N–H and O–H groups in total. The van der Waals surface area contributed by atoms with E-state index < -0.39 is 5.41 Å². The van der Waals surface area contributed by atoms with Crippen LogP contribution in [-0.2, 0) is 16.6 Å². The lowest BCUT2D eigenvalue weighted by Gasteiger charge is -2.15. The van der Waals surface area contributed by atoms with Crippen LogP contribution >= 0.6 is 11.3 Å². The van der Waals surface area contributed by atoms with Crippen LogP contribution in [0.25, 0.3) is 0 Å². The van der Waals surface area contributed by atoms with Gasteiger partial charge in [0, 0.05) is 17.5 Å². The second kappa shape index (κ2) is 7.64. The van der Waals surface area contributed by atoms with Gasteiger partial charge in [-0.3, -0.25) is 4.79 Å². The lowest BCUT2D eigenvalue weighted by molar-refractivity contribution is -0.118. The molecule has 4 rings (SSSR count). The third-order valence-corrected chi connectivity index (χ3v) is 6.05. The molecule has 6 heteroatoms. The lowest BCUT2D eigenvalue weighted by Crippen LogP contribution is -2.27. The molecule has 1 heterocycles. The first-order valence-corrected chi connectivity index (χ1v) is 9.98. The maximum Gasteiger partial charge on any atom is 0.236 e. The molecule has 2 aromatic carbocycles. The van der Waals surface area contributed by atoms with E-state index >= 15 is 0 Å². The highest BCUT2D eigenvalue weighted by Gasteiger charge is 2.51. The minimum atomic E-state index is -0.436. The van der Waals surface area contributed by atoms with E-state index in [-0.39, 0.29) is 5.91 Å². The van der Waals surface area contributed by atoms with Gasteiger partial charge in [-0.25, -0.2) is 4.98 Å². The molecule has 144 valence electrons. The summed E-state index contributed by atoms with van der Waals surface area (Å²) in [7, 11) is 3.30. The Morgan fingerprint density at radius 1 is 1.04 bits per heavy atom. The molecule has 1 aliphatic rings. The number of nitrogens with zero attached hydrogens (tertiary/aromatic N) is 1. The van der Waals surface area contributed by atoms with E-state index in [9.17, 15) is 4.79 Å². The van der Waals surface area contributed by atoms with Crippen LogP contribution in [0.2, 0.25) is 0 Å². The fourth-order valence-corrected chi connectivity index (χ4v) is 4.13. The summed E-state index contributed by atoms with van der Waals surface area (Å²) in [4.78, 5) is 18.4. The van der Waals surface area contributed by atoms with Gasteiger partial charge in [0.05, 0.1) is 19.6 Å². The van der Waals surface area contributed by atoms with Gasteiger partial charge in [-0.2, -0.15) is 0 Å². The Morgan fingerprint density at radius 3 is 2.21 bits per heavy atom. The first-order valence-electron chi connectivity index (χ1n) is 9.16. The molecule has 3 aromatic rings. The fraction of sp³-hybridized carbons (Fsp3) is 0.273. The van der Waals surface area contributed by atoms with Crippen LogP contribution in [0.3, 0.4) is 0 Å². The zero-order chi connectivity index (χ0) is 19.6. The lowest BCUT2D eigenvalue weighted by atomic mass is 9.95. The molecule has 0 atom stereocenters. The molecule has 0 spiro atoms. The minimum absolute atomic E-state index is 0.0167. The van der Waals surface area contributed by atoms with Gasteiger partial charge in [0.15, 0.2) is 5.13 Å². The highest BCUT2D eigenvalue weighted by molar-refractivity contribution is 7.15. The van der Waals surface area contributed by atoms with Crippen molar-refractivity contribution in [1.29, 1.82) is 0 Å². The van der Waals surface area contributed by atoms with Crippen molar-refractivity contribution in [3.63, 3.8) is 0 Å². The van der Waals surface area contributed by atoms with Gasteiger partial charge < -0.3 is 14.8 Å². The Bertz CT molecular complexity index is 960. The summed E-state index contributed by atoms with van der Waals surface area (Å²) >= 11 is 1.52. The summed E-state index contributed by atoms with van der Waals surface area (Å²) in [5, 5.41) is 3.66. The van der Waals surface area contributed by atoms with Crippen LogP contribution in [0.4, 0.5) is 5.13 Å². The van der Waals surface area contributed by atoms with Crippen LogP contribution < -0.4 is 14.8 Å². The Labute approximate surface area is 168 Å². The molecule has 0 radical (unpaired) electrons. The molecular formula is C22H22N2O3S. The standard InChI is InChI=1S/C22H22N2O3S/c1-26-17-7-3-15(4-8-17)13-19-14-23-21(28-19)24-20(25)22(11-12-22)16-5-9-18(27-2)10-6-16/h3-10,14H,11-13H2,1-2H3,(H,23,24,25). The van der Waals surface area contributed by atoms with Crippen molar-refractivity contribution in [1.82, 2.24) is 4.98 Å². The van der Waals surface area contributed by atoms with Gasteiger partial charge in [-0.15, -0.1) is 11.3 Å². The molecule has 1 amide bonds. The smallest absolute Gasteiger partial charge is 0.236 e. The largest absolute Gasteiger partial charge is 0.497 e. The molecule has 0 bridgehead atoms. The van der Waals surface area contributed by atoms with Gasteiger partial charge in [0.2, 0.25) is 5.91 Å². The summed E-state index contributed by atoms with van der Waals surface area (Å²) in [5.74, 6) is 1.65. The third kappa shape index (κ3) is 3.73. The molecule has 28 heavy (non-hydrogen) atoms. The Morgan fingerprint density at radius 2 is 1.64 bits per heavy atom. The van der Waals surface area contributed by atoms with Gasteiger partial charge >= 0.3 is 0 Å². The number of methoxy groups -OCH3 is 2. The van der Waals surface area contributed by atoms with E-state index in [1.807, 2.05) is 54.7 Å². The van der Waals surface area contributed by atoms with Crippen molar-refractivity contribution in [2.24, 2.45) is 0 Å². The van der Waals surface area contributed by atoms with E-state index in [0.29, 0.717) is 5.13 Å². The number of thiazole rings is 1. The number of aromatic nitrogens is 1. The van der Waals surface area contributed by atoms with E-state index in [0.717, 1.165) is 41.2 Å². The number of benzene rings is 2. The molecule has 1 aromatic heterocycles. The highest BCUT2D eigenvalue weighted by Crippen LogP contribution is 2.49. The van der Waals surface area contributed by atoms with Crippen molar-refractivity contribution >= 4 is 22.4 Å². The number of carbonyl (C=O) groups is 1. The number of hydrogen-bond acceptors (Lipinski definition) is 5. The first kappa shape index (κ1) is 18.5. The predicted octanol–water partition coefficient (Wildman–Crippen LogP) is 4.42. The van der Waals surface area contributed by atoms with Crippen molar-refractivity contribution < 1.29 is 14.3 Å². The minimum Gasteiger partial charge on any atom is -0.497 e. The van der Waals surface area contributed by atoms with Crippen LogP contribution in [-0.4, -0.2) is 25.1 Å². The molecule has 0 aliphatic heterocycles. The fourth-order valence-electron chi connectivity index (χ4n) is 3.29. The zero-order valence-corrected chi connectivity index (χ0v) is 16.7. The van der Waals surface area contributed by atoms with Gasteiger partial charge in [-0.1, -0.05) is 24.3 Å². The van der Waals surface area contributed by atoms with Crippen molar-refractivity contribution in [2.45, 2.75) is 24.7 Å². The number of carbonyl (C=O) groups excluding carboxylic acids is 1. The molecule has 5 nitrogen and oxygen atoms in total. The van der Waals surface area contributed by atoms with Gasteiger partial charge in [0.1, 0.15) is 11.5 Å². The van der Waals surface area contributed by atoms with Crippen molar-refractivity contribution in [3.05, 3.63) is 70.7 Å². The van der Waals surface area contributed by atoms with Gasteiger partial charge in [0.25, 0.3) is 0 Å². The Hall–Kier alpha value is -2.86. The van der Waals surface area contributed by atoms with Crippen LogP contribution in [0.5, 0.6) is 11.5 Å². The summed E-state index contributed by atoms with van der Waals surface area (Å²) in [6.45, 7) is 0. The Balaban J connectivity index is 1.42. The van der Waals surface area contributed by atoms with E-state index in [4.69, 9.17) is 9.47 Å². The average Bonchev–Trinajstić information content (AvgIpc) is 3.44. The van der Waals surface area contributed by atoms with Crippen LogP contribution in [0, 0.1) is 0 Å².